The molecule has 2 rings (SSSR count). The first-order valence-corrected chi connectivity index (χ1v) is 7.42. The van der Waals surface area contributed by atoms with Crippen LogP contribution in [0.1, 0.15) is 15.9 Å². The molecule has 120 valence electrons. The van der Waals surface area contributed by atoms with Crippen LogP contribution in [0.25, 0.3) is 0 Å². The largest absolute Gasteiger partial charge is 0.507 e. The van der Waals surface area contributed by atoms with Crippen molar-refractivity contribution in [3.63, 3.8) is 0 Å². The molecule has 0 heterocycles. The summed E-state index contributed by atoms with van der Waals surface area (Å²) in [6.45, 7) is -0.537. The molecule has 23 heavy (non-hydrogen) atoms. The molecule has 0 aliphatic heterocycles. The second kappa shape index (κ2) is 7.73. The van der Waals surface area contributed by atoms with Crippen molar-refractivity contribution in [3.05, 3.63) is 63.9 Å². The van der Waals surface area contributed by atoms with E-state index in [1.165, 1.54) is 18.2 Å². The lowest BCUT2D eigenvalue weighted by Gasteiger charge is -2.08. The van der Waals surface area contributed by atoms with Crippen LogP contribution in [-0.4, -0.2) is 23.6 Å². The van der Waals surface area contributed by atoms with Crippen molar-refractivity contribution >= 4 is 27.8 Å². The number of phenolic OH excluding ortho intramolecular Hbond substituents is 1. The first-order valence-electron chi connectivity index (χ1n) is 6.63. The van der Waals surface area contributed by atoms with E-state index in [1.807, 2.05) is 0 Å². The summed E-state index contributed by atoms with van der Waals surface area (Å²) < 4.78 is 18.8. The Kier molecular flexibility index (Phi) is 5.70. The Morgan fingerprint density at radius 1 is 1.22 bits per heavy atom. The average molecular weight is 382 g/mol. The van der Waals surface area contributed by atoms with Gasteiger partial charge in [0.1, 0.15) is 17.1 Å². The maximum Gasteiger partial charge on any atom is 0.342 e. The summed E-state index contributed by atoms with van der Waals surface area (Å²) in [7, 11) is 0. The van der Waals surface area contributed by atoms with Gasteiger partial charge >= 0.3 is 5.97 Å². The maximum atomic E-state index is 13.4. The van der Waals surface area contributed by atoms with E-state index in [9.17, 15) is 19.1 Å². The predicted octanol–water partition coefficient (Wildman–Crippen LogP) is 2.77. The summed E-state index contributed by atoms with van der Waals surface area (Å²) in [6, 6.07) is 10.3. The maximum absolute atomic E-state index is 13.4. The van der Waals surface area contributed by atoms with Gasteiger partial charge in [-0.25, -0.2) is 9.18 Å². The van der Waals surface area contributed by atoms with Gasteiger partial charge in [-0.05, 0) is 24.3 Å². The molecule has 5 nitrogen and oxygen atoms in total. The van der Waals surface area contributed by atoms with E-state index in [0.29, 0.717) is 10.0 Å². The van der Waals surface area contributed by atoms with Crippen LogP contribution < -0.4 is 5.32 Å². The monoisotopic (exact) mass is 381 g/mol. The summed E-state index contributed by atoms with van der Waals surface area (Å²) in [4.78, 5) is 23.4. The van der Waals surface area contributed by atoms with Gasteiger partial charge in [-0.1, -0.05) is 34.1 Å². The third-order valence-corrected chi connectivity index (χ3v) is 3.44. The van der Waals surface area contributed by atoms with Gasteiger partial charge < -0.3 is 15.2 Å². The lowest BCUT2D eigenvalue weighted by Crippen LogP contribution is -2.28. The number of rotatable bonds is 5. The number of benzene rings is 2. The molecular formula is C16H13BrFNO4. The molecule has 0 saturated carbocycles. The first kappa shape index (κ1) is 17.0. The van der Waals surface area contributed by atoms with E-state index in [-0.39, 0.29) is 17.9 Å². The molecule has 0 atom stereocenters. The fourth-order valence-corrected chi connectivity index (χ4v) is 2.13. The third kappa shape index (κ3) is 4.79. The number of ether oxygens (including phenoxy) is 1. The van der Waals surface area contributed by atoms with E-state index in [2.05, 4.69) is 21.2 Å². The van der Waals surface area contributed by atoms with Crippen molar-refractivity contribution < 1.29 is 23.8 Å². The summed E-state index contributed by atoms with van der Waals surface area (Å²) in [5.41, 5.74) is 0.276. The zero-order valence-corrected chi connectivity index (χ0v) is 13.5. The molecule has 2 aromatic carbocycles. The summed E-state index contributed by atoms with van der Waals surface area (Å²) in [5, 5.41) is 12.0. The van der Waals surface area contributed by atoms with E-state index >= 15 is 0 Å². The van der Waals surface area contributed by atoms with Gasteiger partial charge in [0, 0.05) is 16.6 Å². The van der Waals surface area contributed by atoms with Crippen LogP contribution in [0.2, 0.25) is 0 Å². The SMILES string of the molecule is O=C(COC(=O)c1cc(Br)ccc1O)NCc1ccccc1F. The van der Waals surface area contributed by atoms with Crippen molar-refractivity contribution in [1.82, 2.24) is 5.32 Å². The molecule has 1 amide bonds. The van der Waals surface area contributed by atoms with Crippen LogP contribution in [0.3, 0.4) is 0 Å². The lowest BCUT2D eigenvalue weighted by atomic mass is 10.2. The Morgan fingerprint density at radius 3 is 2.70 bits per heavy atom. The minimum absolute atomic E-state index is 0.00874. The van der Waals surface area contributed by atoms with Crippen molar-refractivity contribution in [2.75, 3.05) is 6.61 Å². The Bertz CT molecular complexity index is 736. The Labute approximate surface area is 140 Å². The Hall–Kier alpha value is -2.41. The zero-order valence-electron chi connectivity index (χ0n) is 11.9. The molecule has 0 bridgehead atoms. The number of phenols is 1. The average Bonchev–Trinajstić information content (AvgIpc) is 2.54. The molecule has 0 aliphatic rings. The van der Waals surface area contributed by atoms with Crippen LogP contribution in [0.5, 0.6) is 5.75 Å². The van der Waals surface area contributed by atoms with E-state index in [4.69, 9.17) is 4.74 Å². The van der Waals surface area contributed by atoms with E-state index in [1.54, 1.807) is 24.3 Å². The minimum atomic E-state index is -0.829. The van der Waals surface area contributed by atoms with Gasteiger partial charge in [0.15, 0.2) is 6.61 Å². The van der Waals surface area contributed by atoms with E-state index < -0.39 is 24.3 Å². The number of hydrogen-bond acceptors (Lipinski definition) is 4. The van der Waals surface area contributed by atoms with Crippen LogP contribution >= 0.6 is 15.9 Å². The smallest absolute Gasteiger partial charge is 0.342 e. The predicted molar refractivity (Wildman–Crippen MR) is 84.3 cm³/mol. The van der Waals surface area contributed by atoms with Crippen LogP contribution in [0.4, 0.5) is 4.39 Å². The van der Waals surface area contributed by atoms with Crippen LogP contribution in [0, 0.1) is 5.82 Å². The first-order chi connectivity index (χ1) is 11.0. The van der Waals surface area contributed by atoms with Crippen molar-refractivity contribution in [3.8, 4) is 5.75 Å². The topological polar surface area (TPSA) is 75.6 Å². The fraction of sp³-hybridized carbons (Fsp3) is 0.125. The molecule has 0 saturated heterocycles. The van der Waals surface area contributed by atoms with Crippen LogP contribution in [-0.2, 0) is 16.1 Å². The lowest BCUT2D eigenvalue weighted by molar-refractivity contribution is -0.124. The third-order valence-electron chi connectivity index (χ3n) is 2.95. The summed E-state index contributed by atoms with van der Waals surface area (Å²) in [5.74, 6) is -2.07. The second-order valence-corrected chi connectivity index (χ2v) is 5.52. The number of halogens is 2. The number of aromatic hydroxyl groups is 1. The van der Waals surface area contributed by atoms with Gasteiger partial charge in [0.05, 0.1) is 0 Å². The Balaban J connectivity index is 1.86. The molecule has 2 aromatic rings. The highest BCUT2D eigenvalue weighted by atomic mass is 79.9. The van der Waals surface area contributed by atoms with Gasteiger partial charge in [-0.2, -0.15) is 0 Å². The molecule has 2 N–H and O–H groups in total. The number of hydrogen-bond donors (Lipinski definition) is 2. The highest BCUT2D eigenvalue weighted by Crippen LogP contribution is 2.22. The van der Waals surface area contributed by atoms with E-state index in [0.717, 1.165) is 0 Å². The zero-order chi connectivity index (χ0) is 16.8. The van der Waals surface area contributed by atoms with Gasteiger partial charge in [0.25, 0.3) is 5.91 Å². The van der Waals surface area contributed by atoms with Crippen LogP contribution in [0.15, 0.2) is 46.9 Å². The molecule has 7 heteroatoms. The van der Waals surface area contributed by atoms with Crippen molar-refractivity contribution in [2.24, 2.45) is 0 Å². The van der Waals surface area contributed by atoms with Gasteiger partial charge in [0.2, 0.25) is 0 Å². The highest BCUT2D eigenvalue weighted by molar-refractivity contribution is 9.10. The molecule has 0 radical (unpaired) electrons. The quantitative estimate of drug-likeness (QED) is 0.780. The summed E-state index contributed by atoms with van der Waals surface area (Å²) >= 11 is 3.17. The highest BCUT2D eigenvalue weighted by Gasteiger charge is 2.15. The number of esters is 1. The van der Waals surface area contributed by atoms with Crippen molar-refractivity contribution in [2.45, 2.75) is 6.54 Å². The summed E-state index contributed by atoms with van der Waals surface area (Å²) in [6.07, 6.45) is 0. The number of carbonyl (C=O) groups is 2. The normalized spacial score (nSPS) is 10.2. The van der Waals surface area contributed by atoms with Gasteiger partial charge in [-0.15, -0.1) is 0 Å². The molecule has 0 fully saturated rings. The molecule has 0 spiro atoms. The molecule has 0 aliphatic carbocycles. The molecular weight excluding hydrogens is 369 g/mol. The number of carbonyl (C=O) groups excluding carboxylic acids is 2. The van der Waals surface area contributed by atoms with Crippen molar-refractivity contribution in [1.29, 1.82) is 0 Å². The molecule has 0 unspecified atom stereocenters. The number of nitrogens with one attached hydrogen (secondary N) is 1. The fourth-order valence-electron chi connectivity index (χ4n) is 1.77. The Morgan fingerprint density at radius 2 is 1.96 bits per heavy atom. The van der Waals surface area contributed by atoms with Gasteiger partial charge in [-0.3, -0.25) is 4.79 Å². The minimum Gasteiger partial charge on any atom is -0.507 e. The standard InChI is InChI=1S/C16H13BrFNO4/c17-11-5-6-14(20)12(7-11)16(22)23-9-15(21)19-8-10-3-1-2-4-13(10)18/h1-7,20H,8-9H2,(H,19,21). The molecule has 0 aromatic heterocycles. The second-order valence-electron chi connectivity index (χ2n) is 4.61. The number of amides is 1.